The Morgan fingerprint density at radius 1 is 1.24 bits per heavy atom. The van der Waals surface area contributed by atoms with Crippen molar-refractivity contribution in [2.24, 2.45) is 0 Å². The summed E-state index contributed by atoms with van der Waals surface area (Å²) in [5.74, 6) is -0.470. The number of carbonyl (C=O) groups is 3. The summed E-state index contributed by atoms with van der Waals surface area (Å²) >= 11 is 0. The van der Waals surface area contributed by atoms with Crippen molar-refractivity contribution >= 4 is 18.0 Å². The fraction of sp³-hybridized carbons (Fsp3) is 0.500. The zero-order valence-electron chi connectivity index (χ0n) is 14.6. The number of benzene rings is 1. The molecule has 0 aromatic heterocycles. The molecular weight excluding hydrogens is 324 g/mol. The first-order valence-corrected chi connectivity index (χ1v) is 8.25. The molecule has 0 atom stereocenters. The van der Waals surface area contributed by atoms with E-state index in [1.165, 1.54) is 0 Å². The summed E-state index contributed by atoms with van der Waals surface area (Å²) in [6.07, 6.45) is -0.452. The van der Waals surface area contributed by atoms with Gasteiger partial charge >= 0.3 is 12.1 Å². The van der Waals surface area contributed by atoms with Crippen molar-refractivity contribution in [2.45, 2.75) is 57.5 Å². The van der Waals surface area contributed by atoms with E-state index in [2.05, 4.69) is 5.32 Å². The largest absolute Gasteiger partial charge is 0.443 e. The fourth-order valence-electron chi connectivity index (χ4n) is 3.10. The van der Waals surface area contributed by atoms with Gasteiger partial charge < -0.3 is 9.47 Å². The third-order valence-corrected chi connectivity index (χ3v) is 4.31. The van der Waals surface area contributed by atoms with Gasteiger partial charge in [-0.15, -0.1) is 0 Å². The van der Waals surface area contributed by atoms with Gasteiger partial charge in [-0.3, -0.25) is 10.1 Å². The molecule has 4 amide bonds. The summed E-state index contributed by atoms with van der Waals surface area (Å²) in [4.78, 5) is 37.6. The van der Waals surface area contributed by atoms with Crippen LogP contribution in [0.25, 0.3) is 0 Å². The number of rotatable bonds is 3. The lowest BCUT2D eigenvalue weighted by Gasteiger charge is -2.46. The van der Waals surface area contributed by atoms with E-state index in [1.54, 1.807) is 20.8 Å². The SMILES string of the molecule is CC(C)(C)OC(=O)N1C(=O)NC(=O)[C@]12C[C@@H](OCc1ccccc1)C2. The first-order chi connectivity index (χ1) is 11.7. The second-order valence-electron chi connectivity index (χ2n) is 7.43. The number of urea groups is 1. The topological polar surface area (TPSA) is 84.9 Å². The lowest BCUT2D eigenvalue weighted by molar-refractivity contribution is -0.143. The van der Waals surface area contributed by atoms with Gasteiger partial charge in [-0.2, -0.15) is 0 Å². The van der Waals surface area contributed by atoms with Gasteiger partial charge in [-0.1, -0.05) is 30.3 Å². The van der Waals surface area contributed by atoms with Gasteiger partial charge in [0.1, 0.15) is 11.1 Å². The second kappa shape index (κ2) is 6.15. The first-order valence-electron chi connectivity index (χ1n) is 8.25. The van der Waals surface area contributed by atoms with E-state index in [-0.39, 0.29) is 18.9 Å². The van der Waals surface area contributed by atoms with E-state index in [4.69, 9.17) is 9.47 Å². The van der Waals surface area contributed by atoms with Gasteiger partial charge in [0.05, 0.1) is 12.7 Å². The number of ether oxygens (including phenoxy) is 2. The molecular formula is C18H22N2O5. The summed E-state index contributed by atoms with van der Waals surface area (Å²) in [7, 11) is 0. The van der Waals surface area contributed by atoms with E-state index in [0.29, 0.717) is 6.61 Å². The van der Waals surface area contributed by atoms with Crippen molar-refractivity contribution in [1.29, 1.82) is 0 Å². The Morgan fingerprint density at radius 2 is 1.88 bits per heavy atom. The Bertz CT molecular complexity index is 689. The lowest BCUT2D eigenvalue weighted by Crippen LogP contribution is -2.63. The van der Waals surface area contributed by atoms with Crippen LogP contribution in [0.2, 0.25) is 0 Å². The molecule has 1 saturated heterocycles. The summed E-state index contributed by atoms with van der Waals surface area (Å²) in [6.45, 7) is 5.54. The quantitative estimate of drug-likeness (QED) is 0.850. The molecule has 1 spiro atoms. The van der Waals surface area contributed by atoms with Crippen molar-refractivity contribution in [2.75, 3.05) is 0 Å². The van der Waals surface area contributed by atoms with E-state index in [1.807, 2.05) is 30.3 Å². The minimum atomic E-state index is -1.19. The van der Waals surface area contributed by atoms with Crippen molar-refractivity contribution in [3.63, 3.8) is 0 Å². The molecule has 1 N–H and O–H groups in total. The minimum Gasteiger partial charge on any atom is -0.443 e. The number of imide groups is 2. The maximum atomic E-state index is 12.4. The summed E-state index contributed by atoms with van der Waals surface area (Å²) in [5.41, 5.74) is -0.919. The number of nitrogens with one attached hydrogen (secondary N) is 1. The van der Waals surface area contributed by atoms with Crippen LogP contribution in [-0.4, -0.2) is 40.2 Å². The van der Waals surface area contributed by atoms with Crippen molar-refractivity contribution < 1.29 is 23.9 Å². The Morgan fingerprint density at radius 3 is 2.48 bits per heavy atom. The van der Waals surface area contributed by atoms with E-state index >= 15 is 0 Å². The first kappa shape index (κ1) is 17.4. The minimum absolute atomic E-state index is 0.193. The molecule has 0 unspecified atom stereocenters. The molecule has 1 aromatic rings. The number of carbonyl (C=O) groups excluding carboxylic acids is 3. The fourth-order valence-corrected chi connectivity index (χ4v) is 3.10. The number of hydrogen-bond acceptors (Lipinski definition) is 5. The van der Waals surface area contributed by atoms with Crippen LogP contribution >= 0.6 is 0 Å². The molecule has 3 rings (SSSR count). The third kappa shape index (κ3) is 3.37. The number of nitrogens with zero attached hydrogens (tertiary/aromatic N) is 1. The molecule has 7 nitrogen and oxygen atoms in total. The summed E-state index contributed by atoms with van der Waals surface area (Å²) in [5, 5.41) is 2.21. The predicted molar refractivity (Wildman–Crippen MR) is 88.6 cm³/mol. The maximum Gasteiger partial charge on any atom is 0.419 e. The average Bonchev–Trinajstić information content (AvgIpc) is 2.74. The molecule has 7 heteroatoms. The molecule has 0 radical (unpaired) electrons. The molecule has 134 valence electrons. The molecule has 2 fully saturated rings. The van der Waals surface area contributed by atoms with Crippen molar-refractivity contribution in [3.8, 4) is 0 Å². The van der Waals surface area contributed by atoms with Gasteiger partial charge in [0.15, 0.2) is 0 Å². The highest BCUT2D eigenvalue weighted by Gasteiger charge is 2.64. The standard InChI is InChI=1S/C18H22N2O5/c1-17(2,3)25-16(23)20-15(22)19-14(21)18(20)9-13(10-18)24-11-12-7-5-4-6-8-12/h4-8,13H,9-11H2,1-3H3,(H,19,21,22)/t13-,18-. The van der Waals surface area contributed by atoms with Crippen LogP contribution in [0.15, 0.2) is 30.3 Å². The highest BCUT2D eigenvalue weighted by atomic mass is 16.6. The average molecular weight is 346 g/mol. The van der Waals surface area contributed by atoms with Gasteiger partial charge in [0, 0.05) is 12.8 Å². The molecule has 1 aromatic carbocycles. The van der Waals surface area contributed by atoms with Crippen LogP contribution in [0.3, 0.4) is 0 Å². The van der Waals surface area contributed by atoms with Crippen LogP contribution in [0.1, 0.15) is 39.2 Å². The van der Waals surface area contributed by atoms with Crippen LogP contribution < -0.4 is 5.32 Å². The zero-order valence-corrected chi connectivity index (χ0v) is 14.6. The predicted octanol–water partition coefficient (Wildman–Crippen LogP) is 2.59. The highest BCUT2D eigenvalue weighted by Crippen LogP contribution is 2.43. The molecule has 1 heterocycles. The van der Waals surface area contributed by atoms with Crippen LogP contribution in [0.4, 0.5) is 9.59 Å². The van der Waals surface area contributed by atoms with Gasteiger partial charge in [0.2, 0.25) is 0 Å². The van der Waals surface area contributed by atoms with Crippen LogP contribution in [0.5, 0.6) is 0 Å². The molecule has 1 saturated carbocycles. The van der Waals surface area contributed by atoms with Gasteiger partial charge in [0.25, 0.3) is 5.91 Å². The van der Waals surface area contributed by atoms with E-state index in [0.717, 1.165) is 10.5 Å². The summed E-state index contributed by atoms with van der Waals surface area (Å²) < 4.78 is 11.1. The number of hydrogen-bond donors (Lipinski definition) is 1. The van der Waals surface area contributed by atoms with Gasteiger partial charge in [-0.05, 0) is 26.3 Å². The van der Waals surface area contributed by atoms with Crippen molar-refractivity contribution in [3.05, 3.63) is 35.9 Å². The van der Waals surface area contributed by atoms with E-state index < -0.39 is 29.2 Å². The zero-order chi connectivity index (χ0) is 18.2. The summed E-state index contributed by atoms with van der Waals surface area (Å²) in [6, 6.07) is 8.94. The van der Waals surface area contributed by atoms with Crippen LogP contribution in [0, 0.1) is 0 Å². The molecule has 1 aliphatic carbocycles. The molecule has 2 aliphatic rings. The lowest BCUT2D eigenvalue weighted by atomic mass is 9.73. The Labute approximate surface area is 146 Å². The monoisotopic (exact) mass is 346 g/mol. The Kier molecular flexibility index (Phi) is 4.28. The highest BCUT2D eigenvalue weighted by molar-refractivity contribution is 6.13. The molecule has 0 bridgehead atoms. The normalized spacial score (nSPS) is 25.7. The smallest absolute Gasteiger partial charge is 0.419 e. The van der Waals surface area contributed by atoms with Crippen molar-refractivity contribution in [1.82, 2.24) is 10.2 Å². The third-order valence-electron chi connectivity index (χ3n) is 4.31. The van der Waals surface area contributed by atoms with Crippen LogP contribution in [-0.2, 0) is 20.9 Å². The Hall–Kier alpha value is -2.41. The molecule has 25 heavy (non-hydrogen) atoms. The van der Waals surface area contributed by atoms with E-state index in [9.17, 15) is 14.4 Å². The molecule has 1 aliphatic heterocycles. The van der Waals surface area contributed by atoms with Gasteiger partial charge in [-0.25, -0.2) is 14.5 Å². The Balaban J connectivity index is 1.65. The second-order valence-corrected chi connectivity index (χ2v) is 7.43. The number of amides is 4. The maximum absolute atomic E-state index is 12.4.